The SMILES string of the molecule is COC(=O)C1C2C(=O)OC3C2NC1[C@H]3C. The molecular formula is C10H13NO4. The molecule has 3 rings (SSSR count). The van der Waals surface area contributed by atoms with Gasteiger partial charge in [-0.2, -0.15) is 0 Å². The molecule has 0 aromatic carbocycles. The lowest BCUT2D eigenvalue weighted by Crippen LogP contribution is -2.41. The summed E-state index contributed by atoms with van der Waals surface area (Å²) in [5.74, 6) is -1.05. The molecule has 1 N–H and O–H groups in total. The van der Waals surface area contributed by atoms with Crippen molar-refractivity contribution >= 4 is 11.9 Å². The lowest BCUT2D eigenvalue weighted by atomic mass is 9.75. The van der Waals surface area contributed by atoms with Crippen LogP contribution in [0.2, 0.25) is 0 Å². The van der Waals surface area contributed by atoms with E-state index in [1.54, 1.807) is 0 Å². The Morgan fingerprint density at radius 3 is 2.87 bits per heavy atom. The van der Waals surface area contributed by atoms with Crippen LogP contribution in [0.4, 0.5) is 0 Å². The van der Waals surface area contributed by atoms with E-state index in [0.717, 1.165) is 0 Å². The van der Waals surface area contributed by atoms with Crippen LogP contribution in [0.15, 0.2) is 0 Å². The van der Waals surface area contributed by atoms with Crippen LogP contribution in [-0.4, -0.2) is 37.2 Å². The highest BCUT2D eigenvalue weighted by Crippen LogP contribution is 2.48. The third kappa shape index (κ3) is 0.916. The number of ether oxygens (including phenoxy) is 2. The molecule has 3 aliphatic rings. The zero-order valence-electron chi connectivity index (χ0n) is 8.60. The Hall–Kier alpha value is -1.10. The van der Waals surface area contributed by atoms with Gasteiger partial charge < -0.3 is 14.8 Å². The number of rotatable bonds is 1. The molecule has 82 valence electrons. The van der Waals surface area contributed by atoms with Crippen molar-refractivity contribution in [3.63, 3.8) is 0 Å². The van der Waals surface area contributed by atoms with E-state index in [4.69, 9.17) is 9.47 Å². The van der Waals surface area contributed by atoms with Crippen molar-refractivity contribution in [1.82, 2.24) is 5.32 Å². The molecule has 5 heteroatoms. The summed E-state index contributed by atoms with van der Waals surface area (Å²) >= 11 is 0. The minimum atomic E-state index is -0.360. The zero-order chi connectivity index (χ0) is 10.7. The summed E-state index contributed by atoms with van der Waals surface area (Å²) in [5, 5.41) is 3.29. The van der Waals surface area contributed by atoms with Gasteiger partial charge in [0.25, 0.3) is 0 Å². The quantitative estimate of drug-likeness (QED) is 0.581. The molecule has 0 aliphatic carbocycles. The molecule has 0 amide bonds. The maximum atomic E-state index is 11.6. The molecule has 0 radical (unpaired) electrons. The Labute approximate surface area is 87.1 Å². The second-order valence-electron chi connectivity index (χ2n) is 4.55. The standard InChI is InChI=1S/C10H13NO4/c1-3-6-4(9(12)14-2)5-7(11-6)8(3)15-10(5)13/h3-8,11H,1-2H3/t3-,4?,5?,6?,7?,8?/m1/s1. The van der Waals surface area contributed by atoms with Crippen LogP contribution in [-0.2, 0) is 19.1 Å². The van der Waals surface area contributed by atoms with Gasteiger partial charge in [-0.05, 0) is 0 Å². The molecule has 3 saturated heterocycles. The summed E-state index contributed by atoms with van der Waals surface area (Å²) in [6, 6.07) is 0.0468. The highest BCUT2D eigenvalue weighted by Gasteiger charge is 2.67. The Bertz CT molecular complexity index is 342. The van der Waals surface area contributed by atoms with Crippen molar-refractivity contribution in [3.8, 4) is 0 Å². The van der Waals surface area contributed by atoms with Crippen molar-refractivity contribution in [1.29, 1.82) is 0 Å². The van der Waals surface area contributed by atoms with Crippen molar-refractivity contribution in [2.75, 3.05) is 7.11 Å². The number of hydrogen-bond acceptors (Lipinski definition) is 5. The van der Waals surface area contributed by atoms with E-state index >= 15 is 0 Å². The van der Waals surface area contributed by atoms with Crippen LogP contribution in [0.3, 0.4) is 0 Å². The van der Waals surface area contributed by atoms with Crippen LogP contribution in [0.1, 0.15) is 6.92 Å². The summed E-state index contributed by atoms with van der Waals surface area (Å²) in [5.41, 5.74) is 0. The Morgan fingerprint density at radius 1 is 1.47 bits per heavy atom. The number of nitrogens with one attached hydrogen (secondary N) is 1. The molecule has 15 heavy (non-hydrogen) atoms. The van der Waals surface area contributed by atoms with E-state index < -0.39 is 0 Å². The third-order valence-electron chi connectivity index (χ3n) is 3.98. The fourth-order valence-electron chi connectivity index (χ4n) is 3.30. The fourth-order valence-corrected chi connectivity index (χ4v) is 3.30. The Balaban J connectivity index is 1.98. The number of methoxy groups -OCH3 is 1. The van der Waals surface area contributed by atoms with E-state index in [1.807, 2.05) is 6.92 Å². The largest absolute Gasteiger partial charge is 0.469 e. The first-order chi connectivity index (χ1) is 7.15. The maximum Gasteiger partial charge on any atom is 0.311 e. The lowest BCUT2D eigenvalue weighted by Gasteiger charge is -2.25. The van der Waals surface area contributed by atoms with Gasteiger partial charge in [0.05, 0.1) is 25.0 Å². The Morgan fingerprint density at radius 2 is 2.20 bits per heavy atom. The normalized spacial score (nSPS) is 50.7. The third-order valence-corrected chi connectivity index (χ3v) is 3.98. The van der Waals surface area contributed by atoms with Gasteiger partial charge in [0.1, 0.15) is 6.10 Å². The van der Waals surface area contributed by atoms with Gasteiger partial charge in [0.15, 0.2) is 0 Å². The maximum absolute atomic E-state index is 11.6. The van der Waals surface area contributed by atoms with Gasteiger partial charge in [-0.15, -0.1) is 0 Å². The Kier molecular flexibility index (Phi) is 1.66. The van der Waals surface area contributed by atoms with Gasteiger partial charge in [-0.1, -0.05) is 6.92 Å². The van der Waals surface area contributed by atoms with Gasteiger partial charge in [-0.3, -0.25) is 9.59 Å². The molecule has 3 aliphatic heterocycles. The highest BCUT2D eigenvalue weighted by molar-refractivity contribution is 5.87. The van der Waals surface area contributed by atoms with Crippen molar-refractivity contribution in [2.45, 2.75) is 25.1 Å². The number of hydrogen-bond donors (Lipinski definition) is 1. The first kappa shape index (κ1) is 9.15. The molecule has 6 atom stereocenters. The predicted octanol–water partition coefficient (Wildman–Crippen LogP) is -0.693. The van der Waals surface area contributed by atoms with E-state index in [2.05, 4.69) is 5.32 Å². The van der Waals surface area contributed by atoms with Crippen LogP contribution >= 0.6 is 0 Å². The molecule has 5 unspecified atom stereocenters. The second kappa shape index (κ2) is 2.72. The second-order valence-corrected chi connectivity index (χ2v) is 4.55. The van der Waals surface area contributed by atoms with Crippen molar-refractivity contribution < 1.29 is 19.1 Å². The van der Waals surface area contributed by atoms with Gasteiger partial charge in [-0.25, -0.2) is 0 Å². The molecule has 0 saturated carbocycles. The van der Waals surface area contributed by atoms with Crippen LogP contribution < -0.4 is 5.32 Å². The molecule has 2 bridgehead atoms. The monoisotopic (exact) mass is 211 g/mol. The molecule has 5 nitrogen and oxygen atoms in total. The summed E-state index contributed by atoms with van der Waals surface area (Å²) in [6.45, 7) is 2.01. The minimum absolute atomic E-state index is 0.0154. The van der Waals surface area contributed by atoms with Gasteiger partial charge >= 0.3 is 11.9 Å². The van der Waals surface area contributed by atoms with E-state index in [0.29, 0.717) is 0 Å². The molecule has 3 fully saturated rings. The smallest absolute Gasteiger partial charge is 0.311 e. The summed E-state index contributed by atoms with van der Waals surface area (Å²) in [7, 11) is 1.36. The van der Waals surface area contributed by atoms with E-state index in [-0.39, 0.29) is 47.9 Å². The molecular weight excluding hydrogens is 198 g/mol. The summed E-state index contributed by atoms with van der Waals surface area (Å²) in [6.07, 6.45) is -0.0478. The van der Waals surface area contributed by atoms with Crippen LogP contribution in [0.5, 0.6) is 0 Å². The average molecular weight is 211 g/mol. The molecule has 0 aromatic heterocycles. The van der Waals surface area contributed by atoms with Crippen LogP contribution in [0.25, 0.3) is 0 Å². The van der Waals surface area contributed by atoms with Gasteiger partial charge in [0, 0.05) is 12.0 Å². The first-order valence-corrected chi connectivity index (χ1v) is 5.19. The molecule has 3 heterocycles. The zero-order valence-corrected chi connectivity index (χ0v) is 8.60. The minimum Gasteiger partial charge on any atom is -0.469 e. The first-order valence-electron chi connectivity index (χ1n) is 5.19. The highest BCUT2D eigenvalue weighted by atomic mass is 16.6. The summed E-state index contributed by atoms with van der Waals surface area (Å²) in [4.78, 5) is 23.2. The number of fused-ring (bicyclic) bond motifs is 1. The van der Waals surface area contributed by atoms with Gasteiger partial charge in [0.2, 0.25) is 0 Å². The number of carbonyl (C=O) groups excluding carboxylic acids is 2. The predicted molar refractivity (Wildman–Crippen MR) is 48.8 cm³/mol. The summed E-state index contributed by atoms with van der Waals surface area (Å²) < 4.78 is 10.0. The number of carbonyl (C=O) groups is 2. The lowest BCUT2D eigenvalue weighted by molar-refractivity contribution is -0.152. The van der Waals surface area contributed by atoms with Crippen molar-refractivity contribution in [3.05, 3.63) is 0 Å². The molecule has 0 aromatic rings. The average Bonchev–Trinajstić information content (AvgIpc) is 2.80. The van der Waals surface area contributed by atoms with E-state index in [9.17, 15) is 9.59 Å². The van der Waals surface area contributed by atoms with Crippen LogP contribution in [0, 0.1) is 17.8 Å². The molecule has 0 spiro atoms. The fraction of sp³-hybridized carbons (Fsp3) is 0.800. The number of esters is 2. The topological polar surface area (TPSA) is 64.6 Å². The van der Waals surface area contributed by atoms with Crippen molar-refractivity contribution in [2.24, 2.45) is 17.8 Å². The van der Waals surface area contributed by atoms with E-state index in [1.165, 1.54) is 7.11 Å².